The first kappa shape index (κ1) is 15.7. The number of hydrogen-bond donors (Lipinski definition) is 1. The summed E-state index contributed by atoms with van der Waals surface area (Å²) in [5, 5.41) is 2.72. The van der Waals surface area contributed by atoms with E-state index in [1.807, 2.05) is 49.4 Å². The van der Waals surface area contributed by atoms with Crippen molar-refractivity contribution in [1.29, 1.82) is 0 Å². The molecular weight excluding hydrogens is 306 g/mol. The van der Waals surface area contributed by atoms with E-state index in [2.05, 4.69) is 10.3 Å². The third-order valence-electron chi connectivity index (χ3n) is 3.61. The monoisotopic (exact) mass is 323 g/mol. The molecule has 0 aliphatic rings. The highest BCUT2D eigenvalue weighted by Gasteiger charge is 2.11. The summed E-state index contributed by atoms with van der Waals surface area (Å²) >= 11 is 0. The van der Waals surface area contributed by atoms with Crippen molar-refractivity contribution in [2.24, 2.45) is 0 Å². The minimum atomic E-state index is -0.488. The van der Waals surface area contributed by atoms with Gasteiger partial charge in [0.2, 0.25) is 0 Å². The first-order chi connectivity index (χ1) is 11.6. The fourth-order valence-corrected chi connectivity index (χ4v) is 2.37. The Morgan fingerprint density at radius 1 is 1.12 bits per heavy atom. The predicted octanol–water partition coefficient (Wildman–Crippen LogP) is 2.53. The van der Waals surface area contributed by atoms with Crippen molar-refractivity contribution >= 4 is 28.6 Å². The summed E-state index contributed by atoms with van der Waals surface area (Å²) in [6.45, 7) is 1.59. The number of para-hydroxylation sites is 3. The fraction of sp³-hybridized carbons (Fsp3) is 0.167. The minimum Gasteiger partial charge on any atom is -0.454 e. The van der Waals surface area contributed by atoms with E-state index in [1.54, 1.807) is 17.0 Å². The van der Waals surface area contributed by atoms with Crippen LogP contribution in [-0.2, 0) is 20.9 Å². The van der Waals surface area contributed by atoms with Crippen LogP contribution in [0.3, 0.4) is 0 Å². The van der Waals surface area contributed by atoms with E-state index < -0.39 is 5.97 Å². The summed E-state index contributed by atoms with van der Waals surface area (Å²) in [6.07, 6.45) is 1.58. The molecule has 0 bridgehead atoms. The second-order valence-electron chi connectivity index (χ2n) is 5.38. The van der Waals surface area contributed by atoms with Crippen molar-refractivity contribution in [3.63, 3.8) is 0 Å². The first-order valence-electron chi connectivity index (χ1n) is 7.54. The van der Waals surface area contributed by atoms with Crippen LogP contribution in [0, 0.1) is 6.92 Å². The maximum absolute atomic E-state index is 11.9. The number of ether oxygens (including phenoxy) is 1. The van der Waals surface area contributed by atoms with Crippen LogP contribution in [0.5, 0.6) is 0 Å². The molecule has 1 N–H and O–H groups in total. The molecule has 0 unspecified atom stereocenters. The van der Waals surface area contributed by atoms with Gasteiger partial charge in [0.1, 0.15) is 6.54 Å². The van der Waals surface area contributed by atoms with E-state index in [1.165, 1.54) is 0 Å². The van der Waals surface area contributed by atoms with Crippen LogP contribution in [0.1, 0.15) is 5.56 Å². The lowest BCUT2D eigenvalue weighted by atomic mass is 10.2. The molecular formula is C18H17N3O3. The number of nitrogens with one attached hydrogen (secondary N) is 1. The highest BCUT2D eigenvalue weighted by atomic mass is 16.5. The lowest BCUT2D eigenvalue weighted by Crippen LogP contribution is -2.23. The van der Waals surface area contributed by atoms with Crippen molar-refractivity contribution in [2.45, 2.75) is 13.5 Å². The molecule has 24 heavy (non-hydrogen) atoms. The average molecular weight is 323 g/mol. The molecule has 1 aromatic heterocycles. The Balaban J connectivity index is 1.54. The van der Waals surface area contributed by atoms with Crippen molar-refractivity contribution < 1.29 is 14.3 Å². The van der Waals surface area contributed by atoms with E-state index in [0.717, 1.165) is 16.6 Å². The fourth-order valence-electron chi connectivity index (χ4n) is 2.37. The number of anilines is 1. The number of hydrogen-bond acceptors (Lipinski definition) is 4. The number of aromatic nitrogens is 2. The largest absolute Gasteiger partial charge is 0.454 e. The maximum atomic E-state index is 11.9. The number of amides is 1. The van der Waals surface area contributed by atoms with Crippen molar-refractivity contribution in [1.82, 2.24) is 9.55 Å². The molecule has 2 aromatic carbocycles. The van der Waals surface area contributed by atoms with Crippen molar-refractivity contribution in [2.75, 3.05) is 11.9 Å². The third kappa shape index (κ3) is 3.60. The molecule has 3 rings (SSSR count). The molecule has 1 amide bonds. The molecule has 6 heteroatoms. The SMILES string of the molecule is Cc1ccccc1NC(=O)COC(=O)Cn1cnc2ccccc21. The van der Waals surface area contributed by atoms with Gasteiger partial charge < -0.3 is 14.6 Å². The third-order valence-corrected chi connectivity index (χ3v) is 3.61. The van der Waals surface area contributed by atoms with Gasteiger partial charge in [-0.1, -0.05) is 30.3 Å². The van der Waals surface area contributed by atoms with Crippen LogP contribution in [-0.4, -0.2) is 28.0 Å². The lowest BCUT2D eigenvalue weighted by molar-refractivity contribution is -0.147. The number of esters is 1. The van der Waals surface area contributed by atoms with Gasteiger partial charge >= 0.3 is 5.97 Å². The summed E-state index contributed by atoms with van der Waals surface area (Å²) in [5.74, 6) is -0.855. The van der Waals surface area contributed by atoms with Crippen LogP contribution in [0.2, 0.25) is 0 Å². The molecule has 3 aromatic rings. The molecule has 6 nitrogen and oxygen atoms in total. The van der Waals surface area contributed by atoms with E-state index >= 15 is 0 Å². The van der Waals surface area contributed by atoms with Gasteiger partial charge in [-0.3, -0.25) is 9.59 Å². The van der Waals surface area contributed by atoms with Crippen LogP contribution in [0.15, 0.2) is 54.9 Å². The molecule has 0 saturated carbocycles. The smallest absolute Gasteiger partial charge is 0.326 e. The van der Waals surface area contributed by atoms with E-state index in [4.69, 9.17) is 4.74 Å². The van der Waals surface area contributed by atoms with Gasteiger partial charge in [0.15, 0.2) is 6.61 Å². The predicted molar refractivity (Wildman–Crippen MR) is 90.5 cm³/mol. The summed E-state index contributed by atoms with van der Waals surface area (Å²) in [5.41, 5.74) is 3.31. The van der Waals surface area contributed by atoms with Gasteiger partial charge in [0.05, 0.1) is 17.4 Å². The number of carbonyl (C=O) groups is 2. The summed E-state index contributed by atoms with van der Waals surface area (Å²) in [4.78, 5) is 28.0. The molecule has 0 aliphatic carbocycles. The molecule has 0 radical (unpaired) electrons. The van der Waals surface area contributed by atoms with E-state index in [0.29, 0.717) is 5.69 Å². The highest BCUT2D eigenvalue weighted by molar-refractivity contribution is 5.93. The zero-order chi connectivity index (χ0) is 16.9. The summed E-state index contributed by atoms with van der Waals surface area (Å²) < 4.78 is 6.73. The van der Waals surface area contributed by atoms with Gasteiger partial charge in [-0.25, -0.2) is 4.98 Å². The molecule has 122 valence electrons. The Morgan fingerprint density at radius 2 is 1.88 bits per heavy atom. The van der Waals surface area contributed by atoms with Crippen LogP contribution in [0.4, 0.5) is 5.69 Å². The normalized spacial score (nSPS) is 10.5. The van der Waals surface area contributed by atoms with E-state index in [9.17, 15) is 9.59 Å². The highest BCUT2D eigenvalue weighted by Crippen LogP contribution is 2.13. The van der Waals surface area contributed by atoms with Crippen LogP contribution < -0.4 is 5.32 Å². The molecule has 0 fully saturated rings. The Labute approximate surface area is 139 Å². The van der Waals surface area contributed by atoms with Gasteiger partial charge in [0, 0.05) is 5.69 Å². The van der Waals surface area contributed by atoms with Gasteiger partial charge in [-0.2, -0.15) is 0 Å². The second-order valence-corrected chi connectivity index (χ2v) is 5.38. The minimum absolute atomic E-state index is 0.0121. The Kier molecular flexibility index (Phi) is 4.56. The second kappa shape index (κ2) is 6.95. The Bertz CT molecular complexity index is 886. The number of aryl methyl sites for hydroxylation is 1. The Hall–Kier alpha value is -3.15. The number of carbonyl (C=O) groups excluding carboxylic acids is 2. The summed E-state index contributed by atoms with van der Waals surface area (Å²) in [6, 6.07) is 14.9. The molecule has 0 aliphatic heterocycles. The number of fused-ring (bicyclic) bond motifs is 1. The number of nitrogens with zero attached hydrogens (tertiary/aromatic N) is 2. The molecule has 0 atom stereocenters. The molecule has 0 spiro atoms. The first-order valence-corrected chi connectivity index (χ1v) is 7.54. The number of rotatable bonds is 5. The Morgan fingerprint density at radius 3 is 2.71 bits per heavy atom. The van der Waals surface area contributed by atoms with Gasteiger partial charge in [0.25, 0.3) is 5.91 Å². The zero-order valence-electron chi connectivity index (χ0n) is 13.2. The summed E-state index contributed by atoms with van der Waals surface area (Å²) in [7, 11) is 0. The maximum Gasteiger partial charge on any atom is 0.326 e. The van der Waals surface area contributed by atoms with Crippen molar-refractivity contribution in [3.8, 4) is 0 Å². The number of benzene rings is 2. The molecule has 0 saturated heterocycles. The van der Waals surface area contributed by atoms with E-state index in [-0.39, 0.29) is 19.1 Å². The number of imidazole rings is 1. The zero-order valence-corrected chi connectivity index (χ0v) is 13.2. The topological polar surface area (TPSA) is 73.2 Å². The van der Waals surface area contributed by atoms with Gasteiger partial charge in [-0.15, -0.1) is 0 Å². The van der Waals surface area contributed by atoms with Crippen molar-refractivity contribution in [3.05, 3.63) is 60.4 Å². The average Bonchev–Trinajstić information content (AvgIpc) is 2.98. The standard InChI is InChI=1S/C18H17N3O3/c1-13-6-2-3-7-14(13)20-17(22)11-24-18(23)10-21-12-19-15-8-4-5-9-16(15)21/h2-9,12H,10-11H2,1H3,(H,20,22). The van der Waals surface area contributed by atoms with Crippen LogP contribution >= 0.6 is 0 Å². The molecule has 1 heterocycles. The van der Waals surface area contributed by atoms with Gasteiger partial charge in [-0.05, 0) is 30.7 Å². The quantitative estimate of drug-likeness (QED) is 0.732. The lowest BCUT2D eigenvalue weighted by Gasteiger charge is -2.09. The van der Waals surface area contributed by atoms with Crippen LogP contribution in [0.25, 0.3) is 11.0 Å².